The van der Waals surface area contributed by atoms with Crippen LogP contribution in [0.15, 0.2) is 24.3 Å². The summed E-state index contributed by atoms with van der Waals surface area (Å²) in [4.78, 5) is 14.4. The molecule has 2 aliphatic rings. The van der Waals surface area contributed by atoms with Crippen molar-refractivity contribution in [2.75, 3.05) is 6.61 Å². The first-order valence-corrected chi connectivity index (χ1v) is 8.18. The van der Waals surface area contributed by atoms with Gasteiger partial charge in [-0.1, -0.05) is 55.2 Å². The van der Waals surface area contributed by atoms with E-state index < -0.39 is 0 Å². The molecule has 0 saturated carbocycles. The Morgan fingerprint density at radius 2 is 2.30 bits per heavy atom. The summed E-state index contributed by atoms with van der Waals surface area (Å²) in [6, 6.07) is 8.33. The highest BCUT2D eigenvalue weighted by Crippen LogP contribution is 2.49. The van der Waals surface area contributed by atoms with Crippen LogP contribution in [-0.4, -0.2) is 32.1 Å². The maximum atomic E-state index is 12.6. The summed E-state index contributed by atoms with van der Waals surface area (Å²) < 4.78 is 0.659. The first kappa shape index (κ1) is 14.0. The molecule has 0 radical (unpaired) electrons. The minimum absolute atomic E-state index is 0.0308. The van der Waals surface area contributed by atoms with E-state index in [9.17, 15) is 9.90 Å². The third kappa shape index (κ3) is 2.08. The lowest BCUT2D eigenvalue weighted by Crippen LogP contribution is -2.39. The average Bonchev–Trinajstić information content (AvgIpc) is 2.94. The summed E-state index contributed by atoms with van der Waals surface area (Å²) in [6.45, 7) is 1.81. The number of benzene rings is 1. The molecule has 3 rings (SSSR count). The van der Waals surface area contributed by atoms with Crippen molar-refractivity contribution in [3.63, 3.8) is 0 Å². The summed E-state index contributed by atoms with van der Waals surface area (Å²) in [5.74, 6) is -0.378. The standard InChI is InChI=1S/C15H17NO2S2/c1-2-9(8-17)14(18)16-13-11-6-4-3-5-10(11)7-12(13)20-15(16)19/h3-6,9,12-13,17H,2,7-8H2,1H3/t9-,12-,13+/m0/s1. The van der Waals surface area contributed by atoms with Crippen LogP contribution in [0.5, 0.6) is 0 Å². The lowest BCUT2D eigenvalue weighted by molar-refractivity contribution is -0.134. The summed E-state index contributed by atoms with van der Waals surface area (Å²) >= 11 is 7.02. The normalized spacial score (nSPS) is 25.5. The monoisotopic (exact) mass is 307 g/mol. The summed E-state index contributed by atoms with van der Waals surface area (Å²) in [7, 11) is 0. The SMILES string of the molecule is CC[C@@H](CO)C(=O)N1C(=S)S[C@H]2Cc3ccccc3[C@H]21. The molecule has 1 aromatic rings. The highest BCUT2D eigenvalue weighted by molar-refractivity contribution is 8.23. The zero-order valence-electron chi connectivity index (χ0n) is 11.3. The van der Waals surface area contributed by atoms with Crippen molar-refractivity contribution in [1.82, 2.24) is 4.90 Å². The number of amides is 1. The lowest BCUT2D eigenvalue weighted by atomic mass is 10.0. The van der Waals surface area contributed by atoms with Crippen molar-refractivity contribution in [3.8, 4) is 0 Å². The van der Waals surface area contributed by atoms with E-state index in [2.05, 4.69) is 12.1 Å². The molecule has 1 aliphatic heterocycles. The van der Waals surface area contributed by atoms with E-state index in [1.54, 1.807) is 16.7 Å². The molecule has 1 aromatic carbocycles. The second-order valence-electron chi connectivity index (χ2n) is 5.27. The fourth-order valence-electron chi connectivity index (χ4n) is 3.05. The quantitative estimate of drug-likeness (QED) is 0.871. The molecular weight excluding hydrogens is 290 g/mol. The number of hydrogen-bond acceptors (Lipinski definition) is 4. The summed E-state index contributed by atoms with van der Waals surface area (Å²) in [6.07, 6.45) is 1.60. The molecule has 0 unspecified atom stereocenters. The van der Waals surface area contributed by atoms with Gasteiger partial charge in [-0.25, -0.2) is 0 Å². The first-order chi connectivity index (χ1) is 9.67. The van der Waals surface area contributed by atoms with Crippen LogP contribution >= 0.6 is 24.0 Å². The van der Waals surface area contributed by atoms with Crippen LogP contribution in [-0.2, 0) is 11.2 Å². The Balaban J connectivity index is 1.95. The van der Waals surface area contributed by atoms with E-state index in [-0.39, 0.29) is 24.5 Å². The zero-order valence-corrected chi connectivity index (χ0v) is 12.9. The van der Waals surface area contributed by atoms with Crippen molar-refractivity contribution < 1.29 is 9.90 Å². The number of carbonyl (C=O) groups excluding carboxylic acids is 1. The zero-order chi connectivity index (χ0) is 14.3. The van der Waals surface area contributed by atoms with Crippen molar-refractivity contribution in [2.24, 2.45) is 5.92 Å². The van der Waals surface area contributed by atoms with E-state index in [0.717, 1.165) is 6.42 Å². The Kier molecular flexibility index (Phi) is 3.84. The van der Waals surface area contributed by atoms with Crippen LogP contribution in [0.25, 0.3) is 0 Å². The fraction of sp³-hybridized carbons (Fsp3) is 0.467. The number of hydrogen-bond donors (Lipinski definition) is 1. The van der Waals surface area contributed by atoms with Crippen LogP contribution in [0.2, 0.25) is 0 Å². The molecule has 20 heavy (non-hydrogen) atoms. The summed E-state index contributed by atoms with van der Waals surface area (Å²) in [5, 5.41) is 9.71. The molecule has 0 aromatic heterocycles. The number of aliphatic hydroxyl groups excluding tert-OH is 1. The van der Waals surface area contributed by atoms with Gasteiger partial charge in [0.05, 0.1) is 18.6 Å². The minimum Gasteiger partial charge on any atom is -0.396 e. The summed E-state index contributed by atoms with van der Waals surface area (Å²) in [5.41, 5.74) is 2.53. The number of nitrogens with zero attached hydrogens (tertiary/aromatic N) is 1. The van der Waals surface area contributed by atoms with E-state index in [1.165, 1.54) is 11.1 Å². The van der Waals surface area contributed by atoms with Gasteiger partial charge in [-0.3, -0.25) is 9.69 Å². The predicted octanol–water partition coefficient (Wildman–Crippen LogP) is 2.53. The molecule has 3 nitrogen and oxygen atoms in total. The number of thiocarbonyl (C=S) groups is 1. The van der Waals surface area contributed by atoms with Gasteiger partial charge in [-0.15, -0.1) is 0 Å². The van der Waals surface area contributed by atoms with Gasteiger partial charge in [0.2, 0.25) is 5.91 Å². The van der Waals surface area contributed by atoms with Crippen molar-refractivity contribution >= 4 is 34.2 Å². The van der Waals surface area contributed by atoms with Gasteiger partial charge in [0.1, 0.15) is 4.32 Å². The van der Waals surface area contributed by atoms with Crippen LogP contribution in [0.3, 0.4) is 0 Å². The Bertz CT molecular complexity index is 557. The van der Waals surface area contributed by atoms with Gasteiger partial charge in [-0.2, -0.15) is 0 Å². The van der Waals surface area contributed by atoms with E-state index in [0.29, 0.717) is 16.0 Å². The topological polar surface area (TPSA) is 40.5 Å². The Morgan fingerprint density at radius 1 is 1.55 bits per heavy atom. The molecule has 106 valence electrons. The van der Waals surface area contributed by atoms with Gasteiger partial charge < -0.3 is 5.11 Å². The molecule has 0 bridgehead atoms. The average molecular weight is 307 g/mol. The molecule has 0 spiro atoms. The molecular formula is C15H17NO2S2. The maximum absolute atomic E-state index is 12.6. The highest BCUT2D eigenvalue weighted by atomic mass is 32.2. The van der Waals surface area contributed by atoms with E-state index in [1.807, 2.05) is 19.1 Å². The van der Waals surface area contributed by atoms with E-state index in [4.69, 9.17) is 12.2 Å². The van der Waals surface area contributed by atoms with E-state index >= 15 is 0 Å². The number of rotatable bonds is 3. The van der Waals surface area contributed by atoms with Gasteiger partial charge >= 0.3 is 0 Å². The molecule has 1 fully saturated rings. The van der Waals surface area contributed by atoms with Crippen molar-refractivity contribution in [1.29, 1.82) is 0 Å². The maximum Gasteiger partial charge on any atom is 0.234 e. The second kappa shape index (κ2) is 5.47. The molecule has 5 heteroatoms. The van der Waals surface area contributed by atoms with Crippen LogP contribution in [0.1, 0.15) is 30.5 Å². The van der Waals surface area contributed by atoms with Crippen LogP contribution in [0, 0.1) is 5.92 Å². The highest BCUT2D eigenvalue weighted by Gasteiger charge is 2.47. The molecule has 1 heterocycles. The molecule has 1 N–H and O–H groups in total. The van der Waals surface area contributed by atoms with Gasteiger partial charge in [0.25, 0.3) is 0 Å². The molecule has 1 aliphatic carbocycles. The largest absolute Gasteiger partial charge is 0.396 e. The van der Waals surface area contributed by atoms with Gasteiger partial charge in [0.15, 0.2) is 0 Å². The molecule has 1 saturated heterocycles. The third-order valence-corrected chi connectivity index (χ3v) is 5.78. The number of carbonyl (C=O) groups is 1. The Morgan fingerprint density at radius 3 is 3.00 bits per heavy atom. The Labute approximate surface area is 128 Å². The predicted molar refractivity (Wildman–Crippen MR) is 84.6 cm³/mol. The third-order valence-electron chi connectivity index (χ3n) is 4.17. The first-order valence-electron chi connectivity index (χ1n) is 6.89. The van der Waals surface area contributed by atoms with Crippen LogP contribution in [0.4, 0.5) is 0 Å². The minimum atomic E-state index is -0.347. The number of thioether (sulfide) groups is 1. The molecule has 1 amide bonds. The fourth-order valence-corrected chi connectivity index (χ4v) is 4.86. The lowest BCUT2D eigenvalue weighted by Gasteiger charge is -2.27. The van der Waals surface area contributed by atoms with Crippen molar-refractivity contribution in [3.05, 3.63) is 35.4 Å². The van der Waals surface area contributed by atoms with Crippen molar-refractivity contribution in [2.45, 2.75) is 31.1 Å². The smallest absolute Gasteiger partial charge is 0.234 e. The number of aliphatic hydroxyl groups is 1. The van der Waals surface area contributed by atoms with Gasteiger partial charge in [-0.05, 0) is 24.0 Å². The number of fused-ring (bicyclic) bond motifs is 3. The second-order valence-corrected chi connectivity index (χ2v) is 7.14. The Hall–Kier alpha value is -0.910. The van der Waals surface area contributed by atoms with Gasteiger partial charge in [0, 0.05) is 5.25 Å². The van der Waals surface area contributed by atoms with Crippen LogP contribution < -0.4 is 0 Å². The molecule has 3 atom stereocenters.